The van der Waals surface area contributed by atoms with E-state index in [9.17, 15) is 4.79 Å². The lowest BCUT2D eigenvalue weighted by Gasteiger charge is -2.36. The molecule has 0 unspecified atom stereocenters. The number of amides is 1. The van der Waals surface area contributed by atoms with E-state index in [1.165, 1.54) is 6.08 Å². The number of nitrogens with zero attached hydrogens (tertiary/aromatic N) is 3. The maximum atomic E-state index is 12.6. The van der Waals surface area contributed by atoms with E-state index >= 15 is 0 Å². The lowest BCUT2D eigenvalue weighted by molar-refractivity contribution is -0.130. The van der Waals surface area contributed by atoms with Crippen molar-refractivity contribution in [3.8, 4) is 34.4 Å². The Balaban J connectivity index is 1.40. The van der Waals surface area contributed by atoms with Crippen molar-refractivity contribution in [3.63, 3.8) is 0 Å². The average Bonchev–Trinajstić information content (AvgIpc) is 3.30. The predicted octanol–water partition coefficient (Wildman–Crippen LogP) is 3.41. The van der Waals surface area contributed by atoms with Gasteiger partial charge in [0.25, 0.3) is 0 Å². The summed E-state index contributed by atoms with van der Waals surface area (Å²) >= 11 is 0. The number of likely N-dealkylation sites (tertiary alicyclic amines) is 1. The summed E-state index contributed by atoms with van der Waals surface area (Å²) in [6.45, 7) is 1.01. The third-order valence-electron chi connectivity index (χ3n) is 5.44. The smallest absolute Gasteiger partial charge is 0.246 e. The van der Waals surface area contributed by atoms with Crippen molar-refractivity contribution in [2.45, 2.75) is 5.92 Å². The Morgan fingerprint density at radius 1 is 1.00 bits per heavy atom. The van der Waals surface area contributed by atoms with Crippen LogP contribution < -0.4 is 18.9 Å². The van der Waals surface area contributed by atoms with Crippen molar-refractivity contribution in [1.29, 1.82) is 0 Å². The van der Waals surface area contributed by atoms with Gasteiger partial charge in [0.15, 0.2) is 11.5 Å². The van der Waals surface area contributed by atoms with Gasteiger partial charge in [-0.15, -0.1) is 0 Å². The van der Waals surface area contributed by atoms with E-state index in [0.29, 0.717) is 47.8 Å². The van der Waals surface area contributed by atoms with Crippen molar-refractivity contribution in [1.82, 2.24) is 15.0 Å². The normalized spacial score (nSPS) is 13.6. The van der Waals surface area contributed by atoms with Gasteiger partial charge in [-0.25, -0.2) is 0 Å². The highest BCUT2D eigenvalue weighted by atomic mass is 16.5. The molecule has 1 aliphatic heterocycles. The van der Waals surface area contributed by atoms with Crippen molar-refractivity contribution >= 4 is 12.0 Å². The van der Waals surface area contributed by atoms with Gasteiger partial charge in [0.05, 0.1) is 39.9 Å². The molecule has 0 bridgehead atoms. The summed E-state index contributed by atoms with van der Waals surface area (Å²) in [6, 6.07) is 11.0. The first kappa shape index (κ1) is 22.2. The molecular weight excluding hydrogens is 426 g/mol. The Morgan fingerprint density at radius 2 is 1.67 bits per heavy atom. The highest BCUT2D eigenvalue weighted by Gasteiger charge is 2.35. The minimum absolute atomic E-state index is 0.000480. The van der Waals surface area contributed by atoms with Gasteiger partial charge in [0.2, 0.25) is 23.4 Å². The van der Waals surface area contributed by atoms with Crippen LogP contribution in [0.3, 0.4) is 0 Å². The molecule has 1 aliphatic rings. The molecule has 9 nitrogen and oxygen atoms in total. The number of carbonyl (C=O) groups excluding carboxylic acids is 1. The zero-order chi connectivity index (χ0) is 23.4. The van der Waals surface area contributed by atoms with Crippen LogP contribution in [-0.2, 0) is 4.79 Å². The fourth-order valence-corrected chi connectivity index (χ4v) is 3.63. The minimum atomic E-state index is -0.107. The molecule has 1 fully saturated rings. The topological polar surface area (TPSA) is 96.2 Å². The van der Waals surface area contributed by atoms with E-state index in [-0.39, 0.29) is 11.8 Å². The summed E-state index contributed by atoms with van der Waals surface area (Å²) < 4.78 is 26.8. The van der Waals surface area contributed by atoms with Gasteiger partial charge in [-0.1, -0.05) is 17.3 Å². The van der Waals surface area contributed by atoms with E-state index in [1.807, 2.05) is 24.3 Å². The standard InChI is InChI=1S/C24H25N3O6/c1-29-18-8-6-5-7-17(18)23-25-24(33-26-23)16-13-27(14-16)21(28)10-9-15-11-19(30-2)22(32-4)20(12-15)31-3/h5-12,16H,13-14H2,1-4H3/b10-9+. The summed E-state index contributed by atoms with van der Waals surface area (Å²) in [5.74, 6) is 3.09. The van der Waals surface area contributed by atoms with E-state index in [4.69, 9.17) is 23.5 Å². The first-order valence-corrected chi connectivity index (χ1v) is 10.3. The molecule has 2 aromatic carbocycles. The van der Waals surface area contributed by atoms with E-state index < -0.39 is 0 Å². The number of methoxy groups -OCH3 is 4. The largest absolute Gasteiger partial charge is 0.496 e. The second kappa shape index (κ2) is 9.64. The number of para-hydroxylation sites is 1. The molecule has 9 heteroatoms. The lowest BCUT2D eigenvalue weighted by Crippen LogP contribution is -2.47. The molecular formula is C24H25N3O6. The maximum Gasteiger partial charge on any atom is 0.246 e. The molecule has 2 heterocycles. The van der Waals surface area contributed by atoms with E-state index in [2.05, 4.69) is 10.1 Å². The molecule has 4 rings (SSSR count). The van der Waals surface area contributed by atoms with Crippen LogP contribution in [0, 0.1) is 0 Å². The number of hydrogen-bond acceptors (Lipinski definition) is 8. The van der Waals surface area contributed by atoms with Crippen LogP contribution in [0.2, 0.25) is 0 Å². The number of aromatic nitrogens is 2. The molecule has 1 amide bonds. The molecule has 1 aromatic heterocycles. The molecule has 0 radical (unpaired) electrons. The highest BCUT2D eigenvalue weighted by Crippen LogP contribution is 2.38. The number of rotatable bonds is 8. The van der Waals surface area contributed by atoms with E-state index in [0.717, 1.165) is 11.1 Å². The molecule has 1 saturated heterocycles. The zero-order valence-corrected chi connectivity index (χ0v) is 18.9. The van der Waals surface area contributed by atoms with Crippen molar-refractivity contribution in [3.05, 3.63) is 53.9 Å². The number of hydrogen-bond donors (Lipinski definition) is 0. The molecule has 0 N–H and O–H groups in total. The summed E-state index contributed by atoms with van der Waals surface area (Å²) in [4.78, 5) is 18.8. The Hall–Kier alpha value is -4.01. The Labute approximate surface area is 191 Å². The molecule has 0 spiro atoms. The van der Waals surface area contributed by atoms with Crippen molar-refractivity contribution in [2.24, 2.45) is 0 Å². The summed E-state index contributed by atoms with van der Waals surface area (Å²) in [7, 11) is 6.24. The van der Waals surface area contributed by atoms with Gasteiger partial charge in [0.1, 0.15) is 5.75 Å². The van der Waals surface area contributed by atoms with Gasteiger partial charge in [-0.2, -0.15) is 4.98 Å². The first-order valence-electron chi connectivity index (χ1n) is 10.3. The number of benzene rings is 2. The quantitative estimate of drug-likeness (QED) is 0.481. The van der Waals surface area contributed by atoms with Gasteiger partial charge in [0, 0.05) is 19.2 Å². The van der Waals surface area contributed by atoms with Crippen molar-refractivity contribution < 1.29 is 28.3 Å². The predicted molar refractivity (Wildman–Crippen MR) is 121 cm³/mol. The maximum absolute atomic E-state index is 12.6. The third kappa shape index (κ3) is 4.48. The molecule has 0 aliphatic carbocycles. The van der Waals surface area contributed by atoms with Crippen LogP contribution in [0.25, 0.3) is 17.5 Å². The summed E-state index contributed by atoms with van der Waals surface area (Å²) in [5, 5.41) is 4.07. The van der Waals surface area contributed by atoms with Gasteiger partial charge >= 0.3 is 0 Å². The minimum Gasteiger partial charge on any atom is -0.496 e. The average molecular weight is 451 g/mol. The zero-order valence-electron chi connectivity index (χ0n) is 18.9. The second-order valence-corrected chi connectivity index (χ2v) is 7.39. The second-order valence-electron chi connectivity index (χ2n) is 7.39. The Kier molecular flexibility index (Phi) is 6.48. The molecule has 0 saturated carbocycles. The monoisotopic (exact) mass is 451 g/mol. The molecule has 3 aromatic rings. The Bertz CT molecular complexity index is 1140. The number of ether oxygens (including phenoxy) is 4. The van der Waals surface area contributed by atoms with Crippen LogP contribution in [0.15, 0.2) is 47.0 Å². The van der Waals surface area contributed by atoms with Crippen LogP contribution >= 0.6 is 0 Å². The van der Waals surface area contributed by atoms with Gasteiger partial charge < -0.3 is 28.4 Å². The van der Waals surface area contributed by atoms with Gasteiger partial charge in [-0.05, 0) is 35.9 Å². The molecule has 0 atom stereocenters. The fourth-order valence-electron chi connectivity index (χ4n) is 3.63. The molecule has 172 valence electrons. The fraction of sp³-hybridized carbons (Fsp3) is 0.292. The third-order valence-corrected chi connectivity index (χ3v) is 5.44. The SMILES string of the molecule is COc1ccccc1-c1noc(C2CN(C(=O)/C=C/c3cc(OC)c(OC)c(OC)c3)C2)n1. The first-order chi connectivity index (χ1) is 16.1. The molecule has 33 heavy (non-hydrogen) atoms. The number of carbonyl (C=O) groups is 1. The summed E-state index contributed by atoms with van der Waals surface area (Å²) in [6.07, 6.45) is 3.23. The van der Waals surface area contributed by atoms with Crippen LogP contribution in [-0.4, -0.2) is 62.5 Å². The lowest BCUT2D eigenvalue weighted by atomic mass is 10.00. The van der Waals surface area contributed by atoms with Gasteiger partial charge in [-0.3, -0.25) is 4.79 Å². The van der Waals surface area contributed by atoms with Crippen molar-refractivity contribution in [2.75, 3.05) is 41.5 Å². The van der Waals surface area contributed by atoms with Crippen LogP contribution in [0.4, 0.5) is 0 Å². The van der Waals surface area contributed by atoms with Crippen LogP contribution in [0.1, 0.15) is 17.4 Å². The summed E-state index contributed by atoms with van der Waals surface area (Å²) in [5.41, 5.74) is 1.52. The van der Waals surface area contributed by atoms with Crippen LogP contribution in [0.5, 0.6) is 23.0 Å². The van der Waals surface area contributed by atoms with E-state index in [1.54, 1.807) is 51.5 Å². The highest BCUT2D eigenvalue weighted by molar-refractivity contribution is 5.92. The Morgan fingerprint density at radius 3 is 2.30 bits per heavy atom.